The number of hydrogen-bond donors (Lipinski definition) is 0. The number of pyridine rings is 1. The molecular weight excluding hydrogens is 1090 g/mol. The predicted octanol–water partition coefficient (Wildman–Crippen LogP) is 14.2. The molecule has 7 heteroatoms. The molecule has 0 aliphatic carbocycles. The van der Waals surface area contributed by atoms with Crippen LogP contribution in [0.25, 0.3) is 27.6 Å². The summed E-state index contributed by atoms with van der Waals surface area (Å²) in [4.78, 5) is 9.65. The van der Waals surface area contributed by atoms with Gasteiger partial charge in [0, 0.05) is 61.3 Å². The van der Waals surface area contributed by atoms with Gasteiger partial charge in [0.05, 0.1) is 0 Å². The van der Waals surface area contributed by atoms with Gasteiger partial charge < -0.3 is 19.1 Å². The summed E-state index contributed by atoms with van der Waals surface area (Å²) in [6.07, 6.45) is 1.94. The first kappa shape index (κ1) is 49.6. The molecule has 5 nitrogen and oxygen atoms in total. The van der Waals surface area contributed by atoms with Crippen LogP contribution < -0.4 is 35.3 Å². The first-order valence-electron chi connectivity index (χ1n) is 25.1. The van der Waals surface area contributed by atoms with E-state index in [0.717, 1.165) is 50.4 Å². The van der Waals surface area contributed by atoms with Gasteiger partial charge in [0.25, 0.3) is 0 Å². The number of benzene rings is 8. The maximum Gasteiger partial charge on any atom is 0.156 e. The number of ether oxygens (including phenoxy) is 1. The van der Waals surface area contributed by atoms with Gasteiger partial charge in [-0.1, -0.05) is 195 Å². The van der Waals surface area contributed by atoms with Crippen LogP contribution in [0, 0.1) is 18.8 Å². The largest absolute Gasteiger partial charge is 0.509 e. The van der Waals surface area contributed by atoms with Crippen molar-refractivity contribution in [2.75, 3.05) is 9.80 Å². The molecule has 368 valence electrons. The average Bonchev–Trinajstić information content (AvgIpc) is 3.93. The van der Waals surface area contributed by atoms with E-state index in [0.29, 0.717) is 11.5 Å². The van der Waals surface area contributed by atoms with Crippen LogP contribution >= 0.6 is 0 Å². The summed E-state index contributed by atoms with van der Waals surface area (Å²) in [5.41, 5.74) is 9.80. The maximum atomic E-state index is 7.22. The normalized spacial score (nSPS) is 13.1. The Hall–Kier alpha value is -6.98. The number of rotatable bonds is 9. The monoisotopic (exact) mass is 1150 g/mol. The minimum Gasteiger partial charge on any atom is -0.509 e. The van der Waals surface area contributed by atoms with E-state index in [9.17, 15) is 0 Å². The van der Waals surface area contributed by atoms with E-state index in [-0.39, 0.29) is 37.3 Å². The molecular formula is C66H61N4OPtSi-3. The summed E-state index contributed by atoms with van der Waals surface area (Å²) in [5.74, 6) is 2.02. The molecule has 11 rings (SSSR count). The van der Waals surface area contributed by atoms with Crippen molar-refractivity contribution in [1.29, 1.82) is 0 Å². The van der Waals surface area contributed by atoms with E-state index in [1.54, 1.807) is 0 Å². The molecule has 3 heterocycles. The van der Waals surface area contributed by atoms with Gasteiger partial charge in [-0.2, -0.15) is 6.07 Å². The minimum atomic E-state index is -3.17. The number of anilines is 4. The van der Waals surface area contributed by atoms with Gasteiger partial charge in [-0.3, -0.25) is 0 Å². The van der Waals surface area contributed by atoms with Gasteiger partial charge >= 0.3 is 0 Å². The van der Waals surface area contributed by atoms with Gasteiger partial charge in [0.1, 0.15) is 5.82 Å². The van der Waals surface area contributed by atoms with Crippen molar-refractivity contribution in [3.05, 3.63) is 236 Å². The zero-order chi connectivity index (χ0) is 50.0. The second-order valence-corrected chi connectivity index (χ2v) is 26.0. The Labute approximate surface area is 447 Å². The zero-order valence-corrected chi connectivity index (χ0v) is 46.4. The summed E-state index contributed by atoms with van der Waals surface area (Å²) in [6.45, 7) is 22.7. The molecule has 0 saturated heterocycles. The van der Waals surface area contributed by atoms with Crippen LogP contribution in [0.2, 0.25) is 0 Å². The molecule has 0 unspecified atom stereocenters. The maximum absolute atomic E-state index is 7.22. The number of nitrogens with zero attached hydrogens (tertiary/aromatic N) is 4. The Morgan fingerprint density at radius 3 is 1.60 bits per heavy atom. The summed E-state index contributed by atoms with van der Waals surface area (Å²) in [6, 6.07) is 78.2. The zero-order valence-electron chi connectivity index (χ0n) is 43.1. The van der Waals surface area contributed by atoms with Crippen LogP contribution in [0.4, 0.5) is 22.7 Å². The fourth-order valence-electron chi connectivity index (χ4n) is 10.5. The fraction of sp³-hybridized carbons (Fsp3) is 0.182. The van der Waals surface area contributed by atoms with E-state index in [1.165, 1.54) is 37.4 Å². The molecule has 73 heavy (non-hydrogen) atoms. The predicted molar refractivity (Wildman–Crippen MR) is 304 cm³/mol. The molecule has 0 spiro atoms. The second-order valence-electron chi connectivity index (χ2n) is 22.2. The van der Waals surface area contributed by atoms with E-state index < -0.39 is 8.07 Å². The molecule has 10 aromatic rings. The molecule has 0 N–H and O–H groups in total. The molecule has 8 aromatic carbocycles. The summed E-state index contributed by atoms with van der Waals surface area (Å²) in [5, 5.41) is 7.29. The van der Waals surface area contributed by atoms with Crippen molar-refractivity contribution in [1.82, 2.24) is 9.55 Å². The third-order valence-electron chi connectivity index (χ3n) is 14.3. The second kappa shape index (κ2) is 19.1. The SMILES string of the molecule is CC(C)(C)c1cc(N2[CH-]N(c3[c-]c(Oc4[c-]c5c(c([Si](c6ccccc6)(c6ccccc6)c6ccccc6)c4)c4ccccc4n5-c4cc(C(C)(C)C)ccn4)ccc3)c3ccccc32)cc(C(C)(C)C)c1.[Pt]. The number of para-hydroxylation sites is 3. The molecule has 1 aliphatic rings. The molecule has 0 amide bonds. The number of aromatic nitrogens is 2. The summed E-state index contributed by atoms with van der Waals surface area (Å²) >= 11 is 0. The molecule has 0 fully saturated rings. The Kier molecular flexibility index (Phi) is 13.0. The van der Waals surface area contributed by atoms with Crippen LogP contribution in [0.5, 0.6) is 11.5 Å². The van der Waals surface area contributed by atoms with Gasteiger partial charge in [-0.25, -0.2) is 4.98 Å². The smallest absolute Gasteiger partial charge is 0.156 e. The van der Waals surface area contributed by atoms with Crippen molar-refractivity contribution < 1.29 is 25.8 Å². The Morgan fingerprint density at radius 1 is 0.493 bits per heavy atom. The third kappa shape index (κ3) is 9.04. The van der Waals surface area contributed by atoms with E-state index >= 15 is 0 Å². The van der Waals surface area contributed by atoms with Crippen molar-refractivity contribution in [2.24, 2.45) is 0 Å². The van der Waals surface area contributed by atoms with Crippen molar-refractivity contribution >= 4 is 73.4 Å². The molecule has 1 aliphatic heterocycles. The third-order valence-corrected chi connectivity index (χ3v) is 19.1. The fourth-order valence-corrected chi connectivity index (χ4v) is 15.5. The van der Waals surface area contributed by atoms with Gasteiger partial charge in [-0.15, -0.1) is 53.3 Å². The van der Waals surface area contributed by atoms with Crippen LogP contribution in [0.1, 0.15) is 79.0 Å². The average molecular weight is 1150 g/mol. The van der Waals surface area contributed by atoms with Crippen molar-refractivity contribution in [3.8, 4) is 17.3 Å². The Bertz CT molecular complexity index is 3480. The molecule has 0 saturated carbocycles. The van der Waals surface area contributed by atoms with E-state index in [1.807, 2.05) is 12.3 Å². The molecule has 2 aromatic heterocycles. The summed E-state index contributed by atoms with van der Waals surface area (Å²) in [7, 11) is -3.17. The minimum absolute atomic E-state index is 0. The first-order chi connectivity index (χ1) is 34.6. The van der Waals surface area contributed by atoms with Crippen LogP contribution in [-0.4, -0.2) is 17.6 Å². The van der Waals surface area contributed by atoms with E-state index in [4.69, 9.17) is 9.72 Å². The van der Waals surface area contributed by atoms with Gasteiger partial charge in [0.2, 0.25) is 0 Å². The molecule has 0 atom stereocenters. The van der Waals surface area contributed by atoms with Gasteiger partial charge in [0.15, 0.2) is 8.07 Å². The van der Waals surface area contributed by atoms with Crippen LogP contribution in [0.15, 0.2) is 200 Å². The number of hydrogen-bond acceptors (Lipinski definition) is 4. The molecule has 0 radical (unpaired) electrons. The molecule has 0 bridgehead atoms. The van der Waals surface area contributed by atoms with E-state index in [2.05, 4.69) is 284 Å². The van der Waals surface area contributed by atoms with Gasteiger partial charge in [-0.05, 0) is 96.3 Å². The van der Waals surface area contributed by atoms with Crippen molar-refractivity contribution in [3.63, 3.8) is 0 Å². The van der Waals surface area contributed by atoms with Crippen LogP contribution in [-0.2, 0) is 37.3 Å². The Morgan fingerprint density at radius 2 is 1.03 bits per heavy atom. The standard InChI is InChI=1S/C66H61N4OSi.Pt/c1-64(2,3)46-36-37-67-62(41-46)70-57-33-20-19-32-56(57)63-60(70)43-52(44-61(63)72(53-26-13-10-14-27-53,54-28-15-11-16-29-54)55-30-17-12-18-31-55)71-51-25-23-24-49(42-51)68-45-69(59-35-22-21-34-58(59)68)50-39-47(65(4,5)6)38-48(40-50)66(7,8)9;/h10-41,44-45H,1-9H3;/q-3;. The first-order valence-corrected chi connectivity index (χ1v) is 27.1. The quantitative estimate of drug-likeness (QED) is 0.0819. The van der Waals surface area contributed by atoms with Crippen LogP contribution in [0.3, 0.4) is 0 Å². The summed E-state index contributed by atoms with van der Waals surface area (Å²) < 4.78 is 9.52. The van der Waals surface area contributed by atoms with Crippen molar-refractivity contribution in [2.45, 2.75) is 78.6 Å². The topological polar surface area (TPSA) is 33.5 Å². The number of fused-ring (bicyclic) bond motifs is 4. The Balaban J connectivity index is 0.00000611.